The summed E-state index contributed by atoms with van der Waals surface area (Å²) in [4.78, 5) is 11.6. The van der Waals surface area contributed by atoms with Crippen LogP contribution >= 0.6 is 0 Å². The van der Waals surface area contributed by atoms with Crippen molar-refractivity contribution in [3.05, 3.63) is 35.4 Å². The Morgan fingerprint density at radius 3 is 2.78 bits per heavy atom. The predicted molar refractivity (Wildman–Crippen MR) is 70.5 cm³/mol. The fourth-order valence-corrected chi connectivity index (χ4v) is 1.58. The molecule has 0 saturated carbocycles. The first-order valence-electron chi connectivity index (χ1n) is 5.86. The number of hydrogen-bond donors (Lipinski definition) is 3. The molecule has 1 atom stereocenters. The van der Waals surface area contributed by atoms with Gasteiger partial charge in [-0.2, -0.15) is 0 Å². The van der Waals surface area contributed by atoms with Gasteiger partial charge in [0.05, 0.1) is 5.92 Å². The number of hydrogen-bond acceptors (Lipinski definition) is 3. The summed E-state index contributed by atoms with van der Waals surface area (Å²) in [6, 6.07) is 8.03. The molecule has 0 fully saturated rings. The van der Waals surface area contributed by atoms with Crippen molar-refractivity contribution in [2.24, 2.45) is 16.8 Å². The Balaban J connectivity index is 2.43. The van der Waals surface area contributed by atoms with Crippen LogP contribution in [0.4, 0.5) is 0 Å². The van der Waals surface area contributed by atoms with Crippen molar-refractivity contribution in [2.75, 3.05) is 6.54 Å². The van der Waals surface area contributed by atoms with Gasteiger partial charge < -0.3 is 16.3 Å². The van der Waals surface area contributed by atoms with E-state index in [1.54, 1.807) is 6.92 Å². The monoisotopic (exact) mass is 249 g/mol. The first-order valence-corrected chi connectivity index (χ1v) is 5.86. The van der Waals surface area contributed by atoms with Gasteiger partial charge in [0.25, 0.3) is 0 Å². The van der Waals surface area contributed by atoms with Crippen molar-refractivity contribution in [1.29, 1.82) is 0 Å². The molecule has 0 aliphatic carbocycles. The summed E-state index contributed by atoms with van der Waals surface area (Å²) in [5, 5.41) is 14.1. The van der Waals surface area contributed by atoms with Gasteiger partial charge in [-0.15, -0.1) is 0 Å². The highest BCUT2D eigenvalue weighted by Crippen LogP contribution is 2.07. The van der Waals surface area contributed by atoms with Crippen LogP contribution in [0.3, 0.4) is 0 Å². The second kappa shape index (κ2) is 6.64. The molecule has 1 amide bonds. The number of benzene rings is 1. The van der Waals surface area contributed by atoms with Crippen LogP contribution in [0.2, 0.25) is 0 Å². The zero-order valence-electron chi connectivity index (χ0n) is 10.7. The molecule has 1 rings (SSSR count). The smallest absolute Gasteiger partial charge is 0.230 e. The van der Waals surface area contributed by atoms with E-state index in [9.17, 15) is 4.79 Å². The van der Waals surface area contributed by atoms with E-state index in [-0.39, 0.29) is 11.7 Å². The largest absolute Gasteiger partial charge is 0.409 e. The Hall–Kier alpha value is -2.04. The number of carbonyl (C=O) groups excluding carboxylic acids is 1. The Morgan fingerprint density at radius 2 is 2.17 bits per heavy atom. The van der Waals surface area contributed by atoms with E-state index in [1.807, 2.05) is 31.2 Å². The first kappa shape index (κ1) is 14.0. The molecule has 1 aromatic carbocycles. The predicted octanol–water partition coefficient (Wildman–Crippen LogP) is 1.04. The van der Waals surface area contributed by atoms with Gasteiger partial charge in [0.2, 0.25) is 5.91 Å². The average Bonchev–Trinajstić information content (AvgIpc) is 2.39. The zero-order valence-corrected chi connectivity index (χ0v) is 10.7. The summed E-state index contributed by atoms with van der Waals surface area (Å²) in [5.74, 6) is -0.936. The minimum absolute atomic E-state index is 0.0802. The highest BCUT2D eigenvalue weighted by atomic mass is 16.4. The van der Waals surface area contributed by atoms with Crippen molar-refractivity contribution in [2.45, 2.75) is 20.3 Å². The van der Waals surface area contributed by atoms with Crippen LogP contribution in [-0.4, -0.2) is 23.5 Å². The van der Waals surface area contributed by atoms with E-state index in [0.29, 0.717) is 6.54 Å². The fraction of sp³-hybridized carbons (Fsp3) is 0.385. The second-order valence-electron chi connectivity index (χ2n) is 4.21. The van der Waals surface area contributed by atoms with Crippen LogP contribution in [0.15, 0.2) is 29.4 Å². The maximum atomic E-state index is 11.6. The summed E-state index contributed by atoms with van der Waals surface area (Å²) < 4.78 is 0. The van der Waals surface area contributed by atoms with E-state index in [1.165, 1.54) is 11.1 Å². The Morgan fingerprint density at radius 1 is 1.50 bits per heavy atom. The number of nitrogens with two attached hydrogens (primary N) is 1. The molecule has 5 nitrogen and oxygen atoms in total. The SMILES string of the molecule is Cc1ccccc1CCNC(=O)C(C)C(N)=NO. The third kappa shape index (κ3) is 3.76. The van der Waals surface area contributed by atoms with Crippen LogP contribution in [-0.2, 0) is 11.2 Å². The van der Waals surface area contributed by atoms with Crippen LogP contribution < -0.4 is 11.1 Å². The van der Waals surface area contributed by atoms with Gasteiger partial charge in [0.15, 0.2) is 5.84 Å². The summed E-state index contributed by atoms with van der Waals surface area (Å²) in [6.45, 7) is 4.17. The Bertz CT molecular complexity index is 444. The molecule has 0 aliphatic heterocycles. The number of aryl methyl sites for hydroxylation is 1. The molecule has 0 saturated heterocycles. The molecule has 0 heterocycles. The Kier molecular flexibility index (Phi) is 5.17. The van der Waals surface area contributed by atoms with Gasteiger partial charge in [-0.25, -0.2) is 0 Å². The van der Waals surface area contributed by atoms with E-state index in [2.05, 4.69) is 10.5 Å². The molecular formula is C13H19N3O2. The number of oxime groups is 1. The lowest BCUT2D eigenvalue weighted by Crippen LogP contribution is -2.38. The van der Waals surface area contributed by atoms with E-state index in [4.69, 9.17) is 10.9 Å². The number of amides is 1. The van der Waals surface area contributed by atoms with Crippen molar-refractivity contribution < 1.29 is 10.0 Å². The summed E-state index contributed by atoms with van der Waals surface area (Å²) in [6.07, 6.45) is 0.765. The van der Waals surface area contributed by atoms with Gasteiger partial charge >= 0.3 is 0 Å². The van der Waals surface area contributed by atoms with Gasteiger partial charge in [-0.1, -0.05) is 29.4 Å². The number of rotatable bonds is 5. The van der Waals surface area contributed by atoms with Crippen LogP contribution in [0.1, 0.15) is 18.1 Å². The highest BCUT2D eigenvalue weighted by molar-refractivity contribution is 6.01. The highest BCUT2D eigenvalue weighted by Gasteiger charge is 2.16. The van der Waals surface area contributed by atoms with Crippen molar-refractivity contribution in [3.63, 3.8) is 0 Å². The third-order valence-corrected chi connectivity index (χ3v) is 2.91. The van der Waals surface area contributed by atoms with Gasteiger partial charge in [0.1, 0.15) is 0 Å². The molecule has 98 valence electrons. The molecule has 0 spiro atoms. The molecule has 18 heavy (non-hydrogen) atoms. The molecular weight excluding hydrogens is 230 g/mol. The topological polar surface area (TPSA) is 87.7 Å². The van der Waals surface area contributed by atoms with Gasteiger partial charge in [-0.05, 0) is 31.4 Å². The quantitative estimate of drug-likeness (QED) is 0.315. The van der Waals surface area contributed by atoms with Crippen LogP contribution in [0.5, 0.6) is 0 Å². The van der Waals surface area contributed by atoms with Gasteiger partial charge in [0, 0.05) is 6.54 Å². The van der Waals surface area contributed by atoms with E-state index in [0.717, 1.165) is 6.42 Å². The van der Waals surface area contributed by atoms with Crippen molar-refractivity contribution >= 4 is 11.7 Å². The standard InChI is InChI=1S/C13H19N3O2/c1-9-5-3-4-6-11(9)7-8-15-13(17)10(2)12(14)16-18/h3-6,10,18H,7-8H2,1-2H3,(H2,14,16)(H,15,17). The minimum atomic E-state index is -0.619. The van der Waals surface area contributed by atoms with Crippen LogP contribution in [0, 0.1) is 12.8 Å². The number of carbonyl (C=O) groups is 1. The molecule has 5 heteroatoms. The van der Waals surface area contributed by atoms with Gasteiger partial charge in [-0.3, -0.25) is 4.79 Å². The third-order valence-electron chi connectivity index (χ3n) is 2.91. The molecule has 0 aliphatic rings. The lowest BCUT2D eigenvalue weighted by Gasteiger charge is -2.11. The molecule has 0 radical (unpaired) electrons. The van der Waals surface area contributed by atoms with Crippen LogP contribution in [0.25, 0.3) is 0 Å². The number of nitrogens with zero attached hydrogens (tertiary/aromatic N) is 1. The molecule has 0 aromatic heterocycles. The first-order chi connectivity index (χ1) is 8.56. The minimum Gasteiger partial charge on any atom is -0.409 e. The summed E-state index contributed by atoms with van der Waals surface area (Å²) >= 11 is 0. The zero-order chi connectivity index (χ0) is 13.5. The maximum Gasteiger partial charge on any atom is 0.230 e. The Labute approximate surface area is 107 Å². The molecule has 0 bridgehead atoms. The maximum absolute atomic E-state index is 11.6. The second-order valence-corrected chi connectivity index (χ2v) is 4.21. The van der Waals surface area contributed by atoms with Crippen molar-refractivity contribution in [1.82, 2.24) is 5.32 Å². The van der Waals surface area contributed by atoms with Crippen molar-refractivity contribution in [3.8, 4) is 0 Å². The molecule has 1 unspecified atom stereocenters. The van der Waals surface area contributed by atoms with E-state index >= 15 is 0 Å². The number of amidine groups is 1. The number of nitrogens with one attached hydrogen (secondary N) is 1. The molecule has 4 N–H and O–H groups in total. The summed E-state index contributed by atoms with van der Waals surface area (Å²) in [5.41, 5.74) is 7.77. The fourth-order valence-electron chi connectivity index (χ4n) is 1.58. The van der Waals surface area contributed by atoms with E-state index < -0.39 is 5.92 Å². The average molecular weight is 249 g/mol. The summed E-state index contributed by atoms with van der Waals surface area (Å²) in [7, 11) is 0. The lowest BCUT2D eigenvalue weighted by atomic mass is 10.1. The normalized spacial score (nSPS) is 13.1. The lowest BCUT2D eigenvalue weighted by molar-refractivity contribution is -0.122. The molecule has 1 aromatic rings.